The van der Waals surface area contributed by atoms with Gasteiger partial charge >= 0.3 is 6.18 Å². The molecule has 57 heavy (non-hydrogen) atoms. The normalized spacial score (nSPS) is 19.0. The van der Waals surface area contributed by atoms with Crippen LogP contribution >= 0.6 is 12.6 Å². The predicted octanol–water partition coefficient (Wildman–Crippen LogP) is 4.76. The lowest BCUT2D eigenvalue weighted by Crippen LogP contribution is -2.53. The van der Waals surface area contributed by atoms with Gasteiger partial charge in [0.1, 0.15) is 22.8 Å². The number of halogens is 3. The molecular formula is C38H40F3N9O5S2. The van der Waals surface area contributed by atoms with Gasteiger partial charge in [0, 0.05) is 75.9 Å². The number of alkyl halides is 3. The summed E-state index contributed by atoms with van der Waals surface area (Å²) in [6.07, 6.45) is -2.51. The van der Waals surface area contributed by atoms with Gasteiger partial charge in [0.25, 0.3) is 5.91 Å². The molecule has 0 aliphatic carbocycles. The van der Waals surface area contributed by atoms with E-state index in [-0.39, 0.29) is 37.1 Å². The van der Waals surface area contributed by atoms with Crippen LogP contribution in [0, 0.1) is 0 Å². The second kappa shape index (κ2) is 15.9. The maximum Gasteiger partial charge on any atom is 0.421 e. The Hall–Kier alpha value is -5.40. The van der Waals surface area contributed by atoms with E-state index in [1.54, 1.807) is 36.4 Å². The number of carbonyl (C=O) groups is 3. The molecule has 2 fully saturated rings. The van der Waals surface area contributed by atoms with Gasteiger partial charge in [-0.15, -0.1) is 12.6 Å². The smallest absolute Gasteiger partial charge is 0.369 e. The van der Waals surface area contributed by atoms with Gasteiger partial charge in [-0.25, -0.2) is 13.4 Å². The van der Waals surface area contributed by atoms with Crippen molar-refractivity contribution in [2.24, 2.45) is 0 Å². The van der Waals surface area contributed by atoms with Crippen molar-refractivity contribution in [3.63, 3.8) is 0 Å². The van der Waals surface area contributed by atoms with Crippen molar-refractivity contribution in [1.29, 1.82) is 0 Å². The summed E-state index contributed by atoms with van der Waals surface area (Å²) in [6.45, 7) is 3.57. The molecule has 7 rings (SSSR count). The van der Waals surface area contributed by atoms with Gasteiger partial charge in [0.2, 0.25) is 27.8 Å². The maximum atomic E-state index is 13.9. The Morgan fingerprint density at radius 1 is 0.982 bits per heavy atom. The van der Waals surface area contributed by atoms with Gasteiger partial charge in [0.15, 0.2) is 0 Å². The zero-order valence-corrected chi connectivity index (χ0v) is 32.7. The second-order valence-electron chi connectivity index (χ2n) is 14.1. The van der Waals surface area contributed by atoms with E-state index in [4.69, 9.17) is 0 Å². The van der Waals surface area contributed by atoms with E-state index >= 15 is 0 Å². The summed E-state index contributed by atoms with van der Waals surface area (Å²) in [7, 11) is -2.14. The first-order valence-corrected chi connectivity index (χ1v) is 20.4. The van der Waals surface area contributed by atoms with Crippen molar-refractivity contribution in [1.82, 2.24) is 25.1 Å². The first kappa shape index (κ1) is 39.8. The van der Waals surface area contributed by atoms with Crippen LogP contribution in [0.4, 0.5) is 42.0 Å². The van der Waals surface area contributed by atoms with E-state index in [2.05, 4.69) is 48.3 Å². The van der Waals surface area contributed by atoms with Crippen LogP contribution in [0.3, 0.4) is 0 Å². The minimum absolute atomic E-state index is 0.0424. The molecule has 2 unspecified atom stereocenters. The molecule has 300 valence electrons. The number of anilines is 5. The van der Waals surface area contributed by atoms with E-state index in [9.17, 15) is 36.0 Å². The van der Waals surface area contributed by atoms with Crippen LogP contribution in [0.25, 0.3) is 0 Å². The van der Waals surface area contributed by atoms with Gasteiger partial charge in [-0.1, -0.05) is 24.3 Å². The summed E-state index contributed by atoms with van der Waals surface area (Å²) < 4.78 is 66.7. The number of fused-ring (bicyclic) bond motifs is 1. The van der Waals surface area contributed by atoms with Crippen LogP contribution in [-0.2, 0) is 38.9 Å². The number of hydrogen-bond acceptors (Lipinski definition) is 12. The summed E-state index contributed by atoms with van der Waals surface area (Å²) in [5, 5.41) is 7.46. The first-order valence-electron chi connectivity index (χ1n) is 18.1. The number of rotatable bonds is 11. The van der Waals surface area contributed by atoms with Crippen molar-refractivity contribution in [2.75, 3.05) is 59.3 Å². The molecule has 2 saturated heterocycles. The Labute approximate surface area is 332 Å². The highest BCUT2D eigenvalue weighted by Crippen LogP contribution is 2.40. The molecule has 0 saturated carbocycles. The fourth-order valence-electron chi connectivity index (χ4n) is 7.10. The lowest BCUT2D eigenvalue weighted by atomic mass is 10.0. The monoisotopic (exact) mass is 823 g/mol. The molecule has 4 heterocycles. The molecule has 4 aromatic rings. The molecule has 3 aromatic carbocycles. The van der Waals surface area contributed by atoms with E-state index in [0.717, 1.165) is 53.6 Å². The summed E-state index contributed by atoms with van der Waals surface area (Å²) in [5.41, 5.74) is 3.63. The molecule has 1 aromatic heterocycles. The fourth-order valence-corrected chi connectivity index (χ4v) is 8.09. The topological polar surface area (TPSA) is 160 Å². The van der Waals surface area contributed by atoms with Gasteiger partial charge in [-0.05, 0) is 65.6 Å². The van der Waals surface area contributed by atoms with Crippen LogP contribution in [0.1, 0.15) is 50.8 Å². The number of imide groups is 1. The van der Waals surface area contributed by atoms with Crippen LogP contribution < -0.4 is 25.2 Å². The number of piperazine rings is 1. The standard InChI is InChI=1S/C38H40F3N9O5S2/c1-47(57(2,54)55)27-5-3-4-23(18-27)20-42-33-30(38(39,40)41)21-43-37(46-33)44-25-7-9-26(10-8-25)49-16-14-48(15-17-49)22-24-6-11-28-29(19-24)35(53)50(36(28)56)31-12-13-32(51)45-34(31)52/h3-11,18-19,21,31,36,56H,12-17,20,22H2,1-2H3,(H,45,51,52)(H2,42,43,44,46). The first-order chi connectivity index (χ1) is 27.0. The Morgan fingerprint density at radius 3 is 2.40 bits per heavy atom. The Bertz CT molecular complexity index is 2310. The second-order valence-corrected chi connectivity index (χ2v) is 16.6. The van der Waals surface area contributed by atoms with Gasteiger partial charge in [0.05, 0.1) is 11.9 Å². The summed E-state index contributed by atoms with van der Waals surface area (Å²) >= 11 is 4.65. The highest BCUT2D eigenvalue weighted by Gasteiger charge is 2.44. The molecule has 2 atom stereocenters. The molecule has 3 amide bonds. The lowest BCUT2D eigenvalue weighted by molar-refractivity contribution is -0.138. The van der Waals surface area contributed by atoms with Crippen molar-refractivity contribution in [3.05, 3.63) is 101 Å². The number of sulfonamides is 1. The Balaban J connectivity index is 0.946. The van der Waals surface area contributed by atoms with Crippen molar-refractivity contribution < 1.29 is 36.0 Å². The molecule has 0 spiro atoms. The average molecular weight is 824 g/mol. The number of amides is 3. The Kier molecular flexibility index (Phi) is 11.1. The number of piperidine rings is 1. The molecule has 0 bridgehead atoms. The number of aromatic nitrogens is 2. The Morgan fingerprint density at radius 2 is 1.72 bits per heavy atom. The summed E-state index contributed by atoms with van der Waals surface area (Å²) in [4.78, 5) is 51.6. The predicted molar refractivity (Wildman–Crippen MR) is 212 cm³/mol. The van der Waals surface area contributed by atoms with E-state index < -0.39 is 44.9 Å². The SMILES string of the molecule is CN(c1cccc(CNc2nc(Nc3ccc(N4CCN(Cc5ccc6c(c5)C(=O)N(C5CCC(=O)NC5=O)C6S)CC4)cc3)ncc2C(F)(F)F)c1)S(C)(=O)=O. The highest BCUT2D eigenvalue weighted by molar-refractivity contribution is 7.92. The number of thiol groups is 1. The molecule has 14 nitrogen and oxygen atoms in total. The number of benzene rings is 3. The van der Waals surface area contributed by atoms with Crippen LogP contribution in [0.15, 0.2) is 72.9 Å². The molecule has 3 aliphatic heterocycles. The number of nitrogens with zero attached hydrogens (tertiary/aromatic N) is 6. The summed E-state index contributed by atoms with van der Waals surface area (Å²) in [5.74, 6) is -1.57. The van der Waals surface area contributed by atoms with Crippen LogP contribution in [0.2, 0.25) is 0 Å². The summed E-state index contributed by atoms with van der Waals surface area (Å²) in [6, 6.07) is 18.8. The zero-order valence-electron chi connectivity index (χ0n) is 31.0. The molecule has 19 heteroatoms. The van der Waals surface area contributed by atoms with E-state index in [1.807, 2.05) is 30.3 Å². The molecular weight excluding hydrogens is 784 g/mol. The van der Waals surface area contributed by atoms with Crippen molar-refractivity contribution in [3.8, 4) is 0 Å². The molecule has 3 aliphatic rings. The van der Waals surface area contributed by atoms with Crippen molar-refractivity contribution in [2.45, 2.75) is 43.5 Å². The molecule has 0 radical (unpaired) electrons. The van der Waals surface area contributed by atoms with Gasteiger partial charge < -0.3 is 20.4 Å². The van der Waals surface area contributed by atoms with Crippen LogP contribution in [-0.4, -0.2) is 91.4 Å². The number of nitrogens with one attached hydrogen (secondary N) is 3. The van der Waals surface area contributed by atoms with E-state index in [1.165, 1.54) is 11.9 Å². The zero-order chi connectivity index (χ0) is 40.6. The third kappa shape index (κ3) is 8.79. The van der Waals surface area contributed by atoms with Crippen LogP contribution in [0.5, 0.6) is 0 Å². The number of carbonyl (C=O) groups excluding carboxylic acids is 3. The maximum absolute atomic E-state index is 13.9. The average Bonchev–Trinajstić information content (AvgIpc) is 3.41. The highest BCUT2D eigenvalue weighted by atomic mass is 32.2. The fraction of sp³-hybridized carbons (Fsp3) is 0.342. The number of hydrogen-bond donors (Lipinski definition) is 4. The third-order valence-electron chi connectivity index (χ3n) is 10.3. The van der Waals surface area contributed by atoms with E-state index in [0.29, 0.717) is 35.2 Å². The quantitative estimate of drug-likeness (QED) is 0.122. The van der Waals surface area contributed by atoms with Crippen molar-refractivity contribution >= 4 is 69.2 Å². The minimum Gasteiger partial charge on any atom is -0.369 e. The largest absolute Gasteiger partial charge is 0.421 e. The van der Waals surface area contributed by atoms with Gasteiger partial charge in [-0.3, -0.25) is 28.9 Å². The van der Waals surface area contributed by atoms with Gasteiger partial charge in [-0.2, -0.15) is 18.2 Å². The third-order valence-corrected chi connectivity index (χ3v) is 12.0. The minimum atomic E-state index is -4.72. The molecule has 3 N–H and O–H groups in total. The lowest BCUT2D eigenvalue weighted by Gasteiger charge is -2.36.